The average molecular weight is 411 g/mol. The zero-order valence-electron chi connectivity index (χ0n) is 16.1. The first-order chi connectivity index (χ1) is 13.7. The fraction of sp³-hybridized carbons (Fsp3) is 0.238. The van der Waals surface area contributed by atoms with Gasteiger partial charge in [0, 0.05) is 33.8 Å². The number of carbonyl (C=O) groups excluding carboxylic acids is 1. The lowest BCUT2D eigenvalue weighted by atomic mass is 9.93. The fourth-order valence-electron chi connectivity index (χ4n) is 3.79. The van der Waals surface area contributed by atoms with Crippen molar-refractivity contribution in [2.45, 2.75) is 32.4 Å². The second-order valence-electron chi connectivity index (χ2n) is 7.97. The number of nitro benzene ring substituents is 1. The number of fused-ring (bicyclic) bond motifs is 1. The van der Waals surface area contributed by atoms with Gasteiger partial charge < -0.3 is 4.90 Å². The highest BCUT2D eigenvalue weighted by molar-refractivity contribution is 6.30. The van der Waals surface area contributed by atoms with E-state index in [9.17, 15) is 14.9 Å². The van der Waals surface area contributed by atoms with Crippen LogP contribution in [0.2, 0.25) is 5.02 Å². The molecule has 0 bridgehead atoms. The Balaban J connectivity index is 1.94. The maximum atomic E-state index is 13.2. The van der Waals surface area contributed by atoms with Crippen molar-refractivity contribution in [3.63, 3.8) is 0 Å². The fourth-order valence-corrected chi connectivity index (χ4v) is 3.92. The molecule has 2 heterocycles. The molecule has 0 saturated heterocycles. The summed E-state index contributed by atoms with van der Waals surface area (Å²) in [6.07, 6.45) is 0. The third-order valence-electron chi connectivity index (χ3n) is 5.01. The van der Waals surface area contributed by atoms with E-state index in [-0.39, 0.29) is 11.6 Å². The van der Waals surface area contributed by atoms with Crippen LogP contribution in [0.1, 0.15) is 48.4 Å². The molecule has 1 aromatic heterocycles. The summed E-state index contributed by atoms with van der Waals surface area (Å²) in [5, 5.41) is 19.2. The van der Waals surface area contributed by atoms with Crippen LogP contribution < -0.4 is 0 Å². The molecule has 148 valence electrons. The summed E-state index contributed by atoms with van der Waals surface area (Å²) in [5.74, 6) is -0.184. The maximum Gasteiger partial charge on any atom is 0.273 e. The van der Waals surface area contributed by atoms with E-state index in [1.165, 1.54) is 12.1 Å². The van der Waals surface area contributed by atoms with Crippen molar-refractivity contribution < 1.29 is 9.72 Å². The second kappa shape index (κ2) is 6.70. The smallest absolute Gasteiger partial charge is 0.273 e. The number of hydrogen-bond acceptors (Lipinski definition) is 4. The Morgan fingerprint density at radius 1 is 1.17 bits per heavy atom. The molecule has 0 fully saturated rings. The van der Waals surface area contributed by atoms with E-state index < -0.39 is 16.5 Å². The summed E-state index contributed by atoms with van der Waals surface area (Å²) >= 11 is 6.01. The van der Waals surface area contributed by atoms with Gasteiger partial charge in [0.15, 0.2) is 0 Å². The normalized spacial score (nSPS) is 16.2. The van der Waals surface area contributed by atoms with Crippen molar-refractivity contribution in [3.8, 4) is 11.3 Å². The van der Waals surface area contributed by atoms with Crippen molar-refractivity contribution >= 4 is 23.2 Å². The molecule has 1 atom stereocenters. The second-order valence-corrected chi connectivity index (χ2v) is 8.40. The SMILES string of the molecule is CC(C)(C)N1C(=O)c2[nH]nc(-c3ccc(Cl)cc3)c2C1c1cccc([N+](=O)[O-])c1. The van der Waals surface area contributed by atoms with Gasteiger partial charge in [-0.25, -0.2) is 0 Å². The topological polar surface area (TPSA) is 92.1 Å². The van der Waals surface area contributed by atoms with E-state index in [1.54, 1.807) is 29.2 Å². The summed E-state index contributed by atoms with van der Waals surface area (Å²) in [4.78, 5) is 25.9. The number of hydrogen-bond donors (Lipinski definition) is 1. The lowest BCUT2D eigenvalue weighted by Gasteiger charge is -2.37. The van der Waals surface area contributed by atoms with Crippen molar-refractivity contribution in [1.82, 2.24) is 15.1 Å². The van der Waals surface area contributed by atoms with E-state index in [4.69, 9.17) is 11.6 Å². The monoisotopic (exact) mass is 410 g/mol. The first-order valence-electron chi connectivity index (χ1n) is 9.10. The van der Waals surface area contributed by atoms with Crippen LogP contribution in [0.3, 0.4) is 0 Å². The van der Waals surface area contributed by atoms with E-state index in [2.05, 4.69) is 10.2 Å². The van der Waals surface area contributed by atoms with Gasteiger partial charge in [-0.1, -0.05) is 35.9 Å². The molecular formula is C21H19ClN4O3. The van der Waals surface area contributed by atoms with E-state index >= 15 is 0 Å². The zero-order valence-corrected chi connectivity index (χ0v) is 16.9. The Morgan fingerprint density at radius 3 is 2.48 bits per heavy atom. The molecule has 1 aliphatic rings. The zero-order chi connectivity index (χ0) is 20.9. The molecule has 1 aliphatic heterocycles. The van der Waals surface area contributed by atoms with Gasteiger partial charge >= 0.3 is 0 Å². The predicted molar refractivity (Wildman–Crippen MR) is 110 cm³/mol. The number of halogens is 1. The Labute approximate surface area is 172 Å². The molecule has 0 saturated carbocycles. The summed E-state index contributed by atoms with van der Waals surface area (Å²) in [6, 6.07) is 13.1. The highest BCUT2D eigenvalue weighted by Crippen LogP contribution is 2.46. The number of aromatic nitrogens is 2. The average Bonchev–Trinajstić information content (AvgIpc) is 3.21. The number of amides is 1. The van der Waals surface area contributed by atoms with Gasteiger partial charge in [0.1, 0.15) is 5.69 Å². The van der Waals surface area contributed by atoms with Crippen LogP contribution in [-0.2, 0) is 0 Å². The Kier molecular flexibility index (Phi) is 4.42. The number of carbonyl (C=O) groups is 1. The number of rotatable bonds is 3. The first kappa shape index (κ1) is 19.1. The molecule has 7 nitrogen and oxygen atoms in total. The van der Waals surface area contributed by atoms with Gasteiger partial charge in [0.2, 0.25) is 0 Å². The summed E-state index contributed by atoms with van der Waals surface area (Å²) < 4.78 is 0. The van der Waals surface area contributed by atoms with Crippen LogP contribution in [0.5, 0.6) is 0 Å². The van der Waals surface area contributed by atoms with Gasteiger partial charge in [-0.05, 0) is 38.5 Å². The van der Waals surface area contributed by atoms with Crippen molar-refractivity contribution in [2.75, 3.05) is 0 Å². The number of non-ortho nitro benzene ring substituents is 1. The van der Waals surface area contributed by atoms with E-state index in [0.29, 0.717) is 27.5 Å². The number of aromatic amines is 1. The number of benzene rings is 2. The third kappa shape index (κ3) is 3.17. The molecule has 4 rings (SSSR count). The summed E-state index contributed by atoms with van der Waals surface area (Å²) in [5.41, 5.74) is 2.70. The minimum absolute atomic E-state index is 0.0196. The Bertz CT molecular complexity index is 1120. The van der Waals surface area contributed by atoms with Crippen LogP contribution in [0.4, 0.5) is 5.69 Å². The molecule has 0 aliphatic carbocycles. The lowest BCUT2D eigenvalue weighted by Crippen LogP contribution is -2.44. The standard InChI is InChI=1S/C21H19ClN4O3/c1-21(2,3)25-19(13-5-4-6-15(11-13)26(28)29)16-17(23-24-18(16)20(25)27)12-7-9-14(22)10-8-12/h4-11,19H,1-3H3,(H,23,24). The predicted octanol–water partition coefficient (Wildman–Crippen LogP) is 4.98. The van der Waals surface area contributed by atoms with Gasteiger partial charge in [0.05, 0.1) is 16.7 Å². The Hall–Kier alpha value is -3.19. The van der Waals surface area contributed by atoms with Gasteiger partial charge in [0.25, 0.3) is 11.6 Å². The summed E-state index contributed by atoms with van der Waals surface area (Å²) in [7, 11) is 0. The van der Waals surface area contributed by atoms with Crippen molar-refractivity contribution in [3.05, 3.63) is 80.5 Å². The quantitative estimate of drug-likeness (QED) is 0.486. The van der Waals surface area contributed by atoms with Gasteiger partial charge in [-0.15, -0.1) is 0 Å². The van der Waals surface area contributed by atoms with Crippen LogP contribution in [0, 0.1) is 10.1 Å². The molecule has 29 heavy (non-hydrogen) atoms. The first-order valence-corrected chi connectivity index (χ1v) is 9.48. The van der Waals surface area contributed by atoms with Crippen molar-refractivity contribution in [2.24, 2.45) is 0 Å². The largest absolute Gasteiger partial charge is 0.321 e. The number of nitrogens with zero attached hydrogens (tertiary/aromatic N) is 3. The maximum absolute atomic E-state index is 13.2. The number of nitro groups is 1. The highest BCUT2D eigenvalue weighted by Gasteiger charge is 2.46. The van der Waals surface area contributed by atoms with Gasteiger partial charge in [-0.2, -0.15) is 5.10 Å². The molecule has 2 aromatic carbocycles. The molecule has 1 amide bonds. The molecule has 0 spiro atoms. The van der Waals surface area contributed by atoms with Crippen LogP contribution in [0.25, 0.3) is 11.3 Å². The van der Waals surface area contributed by atoms with Gasteiger partial charge in [-0.3, -0.25) is 20.0 Å². The molecule has 8 heteroatoms. The van der Waals surface area contributed by atoms with E-state index in [1.807, 2.05) is 32.9 Å². The Morgan fingerprint density at radius 2 is 1.86 bits per heavy atom. The third-order valence-corrected chi connectivity index (χ3v) is 5.26. The van der Waals surface area contributed by atoms with E-state index in [0.717, 1.165) is 5.56 Å². The van der Waals surface area contributed by atoms with Crippen LogP contribution in [-0.4, -0.2) is 31.5 Å². The number of nitrogens with one attached hydrogen (secondary N) is 1. The number of H-pyrrole nitrogens is 1. The highest BCUT2D eigenvalue weighted by atomic mass is 35.5. The minimum atomic E-state index is -0.510. The van der Waals surface area contributed by atoms with Crippen LogP contribution >= 0.6 is 11.6 Å². The summed E-state index contributed by atoms with van der Waals surface area (Å²) in [6.45, 7) is 5.82. The molecule has 1 unspecified atom stereocenters. The molecule has 0 radical (unpaired) electrons. The lowest BCUT2D eigenvalue weighted by molar-refractivity contribution is -0.384. The van der Waals surface area contributed by atoms with Crippen LogP contribution in [0.15, 0.2) is 48.5 Å². The molecular weight excluding hydrogens is 392 g/mol. The molecule has 1 N–H and O–H groups in total. The minimum Gasteiger partial charge on any atom is -0.321 e. The molecule has 3 aromatic rings. The van der Waals surface area contributed by atoms with Crippen molar-refractivity contribution in [1.29, 1.82) is 0 Å².